The average molecular weight is 110 g/mol. The molecule has 0 fully saturated rings. The van der Waals surface area contributed by atoms with E-state index >= 15 is 0 Å². The van der Waals surface area contributed by atoms with E-state index in [2.05, 4.69) is 12.9 Å². The number of carboxylic acids is 1. The molecule has 0 heterocycles. The van der Waals surface area contributed by atoms with Gasteiger partial charge < -0.3 is 9.66 Å². The Morgan fingerprint density at radius 1 is 1.67 bits per heavy atom. The van der Waals surface area contributed by atoms with Gasteiger partial charge in [0.05, 0.1) is 0 Å². The molecule has 0 rings (SSSR count). The fourth-order valence-electron chi connectivity index (χ4n) is 0. The zero-order chi connectivity index (χ0) is 5.58. The Morgan fingerprint density at radius 2 is 1.67 bits per heavy atom. The Bertz CT molecular complexity index is 31.8. The summed E-state index contributed by atoms with van der Waals surface area (Å²) in [7, 11) is 0. The van der Waals surface area contributed by atoms with Gasteiger partial charge in [0, 0.05) is 6.92 Å². The van der Waals surface area contributed by atoms with E-state index in [9.17, 15) is 0 Å². The number of thiol groups is 1. The predicted octanol–water partition coefficient (Wildman–Crippen LogP) is 0.480. The fraction of sp³-hybridized carbons (Fsp3) is 0.500. The molecule has 0 aromatic carbocycles. The highest BCUT2D eigenvalue weighted by molar-refractivity contribution is 7.74. The molecule has 0 radical (unpaired) electrons. The maximum Gasteiger partial charge on any atom is 0.300 e. The van der Waals surface area contributed by atoms with Crippen LogP contribution in [0, 0.1) is 0 Å². The molecule has 0 aromatic rings. The van der Waals surface area contributed by atoms with Crippen LogP contribution >= 0.6 is 12.9 Å². The van der Waals surface area contributed by atoms with E-state index in [-0.39, 0.29) is 0 Å². The minimum atomic E-state index is -0.833. The van der Waals surface area contributed by atoms with Crippen LogP contribution in [-0.4, -0.2) is 15.6 Å². The molecule has 0 aliphatic carbocycles. The first kappa shape index (κ1) is 9.24. The molecule has 0 saturated carbocycles. The first-order valence-electron chi connectivity index (χ1n) is 1.13. The van der Waals surface area contributed by atoms with Crippen LogP contribution in [0.5, 0.6) is 0 Å². The number of carboxylic acid groups (broad SMARTS) is 1. The van der Waals surface area contributed by atoms with E-state index in [1.807, 2.05) is 0 Å². The zero-order valence-corrected chi connectivity index (χ0v) is 4.14. The van der Waals surface area contributed by atoms with Gasteiger partial charge in [0.1, 0.15) is 0 Å². The standard InChI is InChI=1S/C2H4O2.H2OS/c1-2(3)4;1-2/h1H3,(H,3,4);1-2H. The molecule has 0 bridgehead atoms. The molecule has 0 spiro atoms. The topological polar surface area (TPSA) is 57.5 Å². The van der Waals surface area contributed by atoms with Gasteiger partial charge in [0.25, 0.3) is 5.97 Å². The van der Waals surface area contributed by atoms with Crippen molar-refractivity contribution in [1.29, 1.82) is 0 Å². The van der Waals surface area contributed by atoms with Crippen LogP contribution < -0.4 is 0 Å². The van der Waals surface area contributed by atoms with E-state index in [4.69, 9.17) is 14.5 Å². The molecular formula is C2H6O3S. The lowest BCUT2D eigenvalue weighted by Crippen LogP contribution is -1.78. The third-order valence-corrected chi connectivity index (χ3v) is 0. The lowest BCUT2D eigenvalue weighted by atomic mass is 10.9. The van der Waals surface area contributed by atoms with Crippen molar-refractivity contribution in [2.75, 3.05) is 0 Å². The Labute approximate surface area is 41.2 Å². The summed E-state index contributed by atoms with van der Waals surface area (Å²) in [4.78, 5) is 9.00. The Kier molecular flexibility index (Phi) is 13.6. The van der Waals surface area contributed by atoms with Crippen LogP contribution in [0.15, 0.2) is 0 Å². The number of rotatable bonds is 0. The smallest absolute Gasteiger partial charge is 0.300 e. The third-order valence-electron chi connectivity index (χ3n) is 0. The van der Waals surface area contributed by atoms with Crippen LogP contribution in [0.1, 0.15) is 6.92 Å². The Balaban J connectivity index is 0. The highest BCUT2D eigenvalue weighted by atomic mass is 32.1. The molecule has 6 heavy (non-hydrogen) atoms. The normalized spacial score (nSPS) is 5.17. The van der Waals surface area contributed by atoms with E-state index in [1.54, 1.807) is 0 Å². The van der Waals surface area contributed by atoms with Crippen molar-refractivity contribution in [1.82, 2.24) is 0 Å². The number of hydrogen-bond donors (Lipinski definition) is 3. The molecule has 0 aliphatic rings. The van der Waals surface area contributed by atoms with Crippen molar-refractivity contribution in [3.05, 3.63) is 0 Å². The van der Waals surface area contributed by atoms with Gasteiger partial charge >= 0.3 is 0 Å². The lowest BCUT2D eigenvalue weighted by Gasteiger charge is -1.59. The number of hydrogen-bond acceptors (Lipinski definition) is 3. The van der Waals surface area contributed by atoms with Gasteiger partial charge in [-0.15, -0.1) is 0 Å². The average Bonchev–Trinajstić information content (AvgIpc) is 1.41. The van der Waals surface area contributed by atoms with E-state index in [0.717, 1.165) is 6.92 Å². The first-order chi connectivity index (χ1) is 2.73. The number of aliphatic carboxylic acids is 1. The van der Waals surface area contributed by atoms with Crippen LogP contribution in [0.4, 0.5) is 0 Å². The van der Waals surface area contributed by atoms with Crippen LogP contribution in [-0.2, 0) is 4.79 Å². The highest BCUT2D eigenvalue weighted by Gasteiger charge is 1.65. The first-order valence-corrected chi connectivity index (χ1v) is 1.53. The third kappa shape index (κ3) is 604. The lowest BCUT2D eigenvalue weighted by molar-refractivity contribution is -0.134. The summed E-state index contributed by atoms with van der Waals surface area (Å²) in [5.41, 5.74) is 0. The summed E-state index contributed by atoms with van der Waals surface area (Å²) in [5.74, 6) is -0.833. The minimum Gasteiger partial charge on any atom is -0.481 e. The molecule has 0 aromatic heterocycles. The quantitative estimate of drug-likeness (QED) is 0.314. The SMILES string of the molecule is CC(=O)O.OS. The summed E-state index contributed by atoms with van der Waals surface area (Å²) in [6.45, 7) is 1.08. The predicted molar refractivity (Wildman–Crippen MR) is 24.9 cm³/mol. The molecule has 3 nitrogen and oxygen atoms in total. The van der Waals surface area contributed by atoms with E-state index < -0.39 is 5.97 Å². The van der Waals surface area contributed by atoms with Gasteiger partial charge in [-0.1, -0.05) is 0 Å². The van der Waals surface area contributed by atoms with Crippen molar-refractivity contribution >= 4 is 18.9 Å². The van der Waals surface area contributed by atoms with Crippen molar-refractivity contribution in [3.63, 3.8) is 0 Å². The molecular weight excluding hydrogens is 104 g/mol. The molecule has 0 saturated heterocycles. The van der Waals surface area contributed by atoms with Crippen molar-refractivity contribution in [2.45, 2.75) is 6.92 Å². The monoisotopic (exact) mass is 110 g/mol. The summed E-state index contributed by atoms with van der Waals surface area (Å²) < 4.78 is 6.69. The van der Waals surface area contributed by atoms with Gasteiger partial charge in [0.15, 0.2) is 0 Å². The number of carbonyl (C=O) groups is 1. The van der Waals surface area contributed by atoms with Gasteiger partial charge in [0.2, 0.25) is 0 Å². The molecule has 0 aliphatic heterocycles. The second-order valence-electron chi connectivity index (χ2n) is 0.519. The van der Waals surface area contributed by atoms with Crippen LogP contribution in [0.2, 0.25) is 0 Å². The van der Waals surface area contributed by atoms with E-state index in [0.29, 0.717) is 0 Å². The molecule has 4 heteroatoms. The van der Waals surface area contributed by atoms with E-state index in [1.165, 1.54) is 0 Å². The Morgan fingerprint density at radius 3 is 1.67 bits per heavy atom. The zero-order valence-electron chi connectivity index (χ0n) is 3.25. The summed E-state index contributed by atoms with van der Waals surface area (Å²) in [6.07, 6.45) is 0. The van der Waals surface area contributed by atoms with Gasteiger partial charge in [-0.25, -0.2) is 0 Å². The highest BCUT2D eigenvalue weighted by Crippen LogP contribution is 1.42. The molecule has 38 valence electrons. The second kappa shape index (κ2) is 8.84. The maximum absolute atomic E-state index is 9.00. The molecule has 0 unspecified atom stereocenters. The molecule has 0 amide bonds. The fourth-order valence-corrected chi connectivity index (χ4v) is 0. The Hall–Kier alpha value is -0.220. The minimum absolute atomic E-state index is 0.833. The molecule has 2 N–H and O–H groups in total. The van der Waals surface area contributed by atoms with Gasteiger partial charge in [-0.3, -0.25) is 4.79 Å². The van der Waals surface area contributed by atoms with Crippen molar-refractivity contribution in [3.8, 4) is 0 Å². The van der Waals surface area contributed by atoms with Crippen LogP contribution in [0.3, 0.4) is 0 Å². The van der Waals surface area contributed by atoms with Crippen molar-refractivity contribution in [2.24, 2.45) is 0 Å². The summed E-state index contributed by atoms with van der Waals surface area (Å²) in [6, 6.07) is 0. The second-order valence-corrected chi connectivity index (χ2v) is 0.519. The summed E-state index contributed by atoms with van der Waals surface area (Å²) >= 11 is 2.53. The van der Waals surface area contributed by atoms with Gasteiger partial charge in [-0.05, 0) is 12.9 Å². The van der Waals surface area contributed by atoms with Crippen molar-refractivity contribution < 1.29 is 14.5 Å². The summed E-state index contributed by atoms with van der Waals surface area (Å²) in [5, 5.41) is 7.42. The van der Waals surface area contributed by atoms with Crippen LogP contribution in [0.25, 0.3) is 0 Å². The molecule has 0 atom stereocenters. The largest absolute Gasteiger partial charge is 0.481 e. The van der Waals surface area contributed by atoms with Gasteiger partial charge in [-0.2, -0.15) is 0 Å². The maximum atomic E-state index is 9.00.